The van der Waals surface area contributed by atoms with Gasteiger partial charge < -0.3 is 23.7 Å². The van der Waals surface area contributed by atoms with Crippen LogP contribution in [-0.2, 0) is 47.7 Å². The second-order valence-corrected chi connectivity index (χ2v) is 22.6. The number of rotatable bonds is 18. The molecule has 10 heteroatoms. The van der Waals surface area contributed by atoms with E-state index in [1.807, 2.05) is 111 Å². The SMILES string of the molecule is C=COC(=O)C(C)(C(C)C)C(C)C.C=COC(=O)C(C)(C)C(C)(C)CC.C=COC(=O)C(C)(C)C(C)C(C)C.C=COC(=O)C(C)(C)CC(C)(C)C.C=COC(=O)C(C)(CC)C(C)(C)C. The minimum absolute atomic E-state index is 0.0624. The van der Waals surface area contributed by atoms with Crippen LogP contribution in [0.1, 0.15) is 192 Å². The molecule has 0 heterocycles. The van der Waals surface area contributed by atoms with E-state index in [9.17, 15) is 24.0 Å². The third-order valence-corrected chi connectivity index (χ3v) is 13.9. The number of esters is 5. The van der Waals surface area contributed by atoms with Crippen LogP contribution >= 0.6 is 0 Å². The van der Waals surface area contributed by atoms with Crippen LogP contribution in [0.2, 0.25) is 0 Å². The van der Waals surface area contributed by atoms with Crippen LogP contribution in [0.3, 0.4) is 0 Å². The van der Waals surface area contributed by atoms with Crippen molar-refractivity contribution >= 4 is 29.8 Å². The molecule has 0 N–H and O–H groups in total. The molecule has 0 aliphatic carbocycles. The first kappa shape index (κ1) is 70.1. The van der Waals surface area contributed by atoms with Crippen LogP contribution in [0.15, 0.2) is 64.2 Å². The Labute approximate surface area is 399 Å². The van der Waals surface area contributed by atoms with Crippen LogP contribution in [0.25, 0.3) is 0 Å². The summed E-state index contributed by atoms with van der Waals surface area (Å²) >= 11 is 0. The summed E-state index contributed by atoms with van der Waals surface area (Å²) in [5, 5.41) is 0. The highest BCUT2D eigenvalue weighted by atomic mass is 16.5. The Morgan fingerprint density at radius 2 is 0.785 bits per heavy atom. The van der Waals surface area contributed by atoms with E-state index in [0.29, 0.717) is 11.8 Å². The van der Waals surface area contributed by atoms with E-state index in [-0.39, 0.29) is 57.9 Å². The summed E-state index contributed by atoms with van der Waals surface area (Å²) in [5.41, 5.74) is -2.25. The molecule has 0 aliphatic heterocycles. The molecule has 2 unspecified atom stereocenters. The fraction of sp³-hybridized carbons (Fsp3) is 0.727. The van der Waals surface area contributed by atoms with E-state index in [0.717, 1.165) is 19.3 Å². The molecule has 10 nitrogen and oxygen atoms in total. The summed E-state index contributed by atoms with van der Waals surface area (Å²) in [4.78, 5) is 57.8. The molecule has 2 atom stereocenters. The zero-order valence-corrected chi connectivity index (χ0v) is 46.4. The lowest BCUT2D eigenvalue weighted by atomic mass is 9.66. The standard InChI is InChI=1S/5C11H20O2/c1-7-13-9(12)11(5,6)8-10(2,3)4;1-7-10(3,4)11(5,6)9(12)13-8-2;1-7-11(6,10(3,4)5)9(12)13-8-2;1-7-13-10(12)11(5,6)9(4)8(2)3;1-7-13-10(12)11(6,8(2)3)9(4)5/h7H,1,8H2,2-6H3;2*8H,2,7H2,1,3-6H3;2*7-9H,1H2,2-6H3. The Kier molecular flexibility index (Phi) is 32.0. The highest BCUT2D eigenvalue weighted by Crippen LogP contribution is 2.43. The zero-order valence-electron chi connectivity index (χ0n) is 46.4. The van der Waals surface area contributed by atoms with Gasteiger partial charge in [0.2, 0.25) is 0 Å². The summed E-state index contributed by atoms with van der Waals surface area (Å²) in [7, 11) is 0. The molecule has 0 aromatic heterocycles. The van der Waals surface area contributed by atoms with Crippen molar-refractivity contribution in [3.05, 3.63) is 64.2 Å². The minimum Gasteiger partial charge on any atom is -0.435 e. The monoisotopic (exact) mass is 921 g/mol. The number of carbonyl (C=O) groups is 5. The van der Waals surface area contributed by atoms with Crippen LogP contribution < -0.4 is 0 Å². The van der Waals surface area contributed by atoms with Gasteiger partial charge in [0.05, 0.1) is 58.4 Å². The predicted molar refractivity (Wildman–Crippen MR) is 271 cm³/mol. The Morgan fingerprint density at radius 1 is 0.462 bits per heavy atom. The molecule has 0 saturated heterocycles. The topological polar surface area (TPSA) is 132 Å². The maximum absolute atomic E-state index is 11.7. The van der Waals surface area contributed by atoms with Gasteiger partial charge in [0.25, 0.3) is 0 Å². The molecule has 0 fully saturated rings. The van der Waals surface area contributed by atoms with Gasteiger partial charge in [0, 0.05) is 0 Å². The van der Waals surface area contributed by atoms with E-state index < -0.39 is 27.1 Å². The fourth-order valence-corrected chi connectivity index (χ4v) is 6.35. The average molecular weight is 921 g/mol. The maximum atomic E-state index is 11.7. The summed E-state index contributed by atoms with van der Waals surface area (Å²) in [6.45, 7) is 67.2. The molecule has 0 aliphatic rings. The maximum Gasteiger partial charge on any atom is 0.317 e. The van der Waals surface area contributed by atoms with Crippen LogP contribution in [0.5, 0.6) is 0 Å². The number of carbonyl (C=O) groups excluding carboxylic acids is 5. The van der Waals surface area contributed by atoms with Crippen LogP contribution in [0, 0.1) is 67.0 Å². The van der Waals surface area contributed by atoms with Gasteiger partial charge in [-0.3, -0.25) is 24.0 Å². The van der Waals surface area contributed by atoms with Crippen molar-refractivity contribution in [3.63, 3.8) is 0 Å². The van der Waals surface area contributed by atoms with Gasteiger partial charge in [0.1, 0.15) is 0 Å². The molecule has 0 saturated carbocycles. The Balaban J connectivity index is -0.000000231. The zero-order chi connectivity index (χ0) is 53.4. The van der Waals surface area contributed by atoms with E-state index in [4.69, 9.17) is 23.7 Å². The van der Waals surface area contributed by atoms with Crippen molar-refractivity contribution in [1.82, 2.24) is 0 Å². The van der Waals surface area contributed by atoms with Crippen molar-refractivity contribution in [3.8, 4) is 0 Å². The van der Waals surface area contributed by atoms with E-state index in [2.05, 4.69) is 95.2 Å². The lowest BCUT2D eigenvalue weighted by molar-refractivity contribution is -0.156. The van der Waals surface area contributed by atoms with Crippen molar-refractivity contribution in [2.45, 2.75) is 192 Å². The third kappa shape index (κ3) is 23.4. The van der Waals surface area contributed by atoms with Crippen molar-refractivity contribution in [1.29, 1.82) is 0 Å². The highest BCUT2D eigenvalue weighted by molar-refractivity contribution is 5.79. The summed E-state index contributed by atoms with van der Waals surface area (Å²) < 4.78 is 24.1. The molecule has 0 aromatic rings. The molecule has 0 amide bonds. The molecule has 0 spiro atoms. The first-order chi connectivity index (χ1) is 29.0. The lowest BCUT2D eigenvalue weighted by Gasteiger charge is -2.38. The summed E-state index contributed by atoms with van der Waals surface area (Å²) in [6.07, 6.45) is 8.47. The smallest absolute Gasteiger partial charge is 0.317 e. The normalized spacial score (nSPS) is 13.4. The van der Waals surface area contributed by atoms with Gasteiger partial charge >= 0.3 is 29.8 Å². The van der Waals surface area contributed by atoms with E-state index in [1.54, 1.807) is 0 Å². The van der Waals surface area contributed by atoms with E-state index in [1.165, 1.54) is 31.3 Å². The Hall–Kier alpha value is -3.95. The number of hydrogen-bond donors (Lipinski definition) is 0. The second-order valence-electron chi connectivity index (χ2n) is 22.6. The largest absolute Gasteiger partial charge is 0.435 e. The first-order valence-corrected chi connectivity index (χ1v) is 23.1. The van der Waals surface area contributed by atoms with E-state index >= 15 is 0 Å². The quantitative estimate of drug-likeness (QED) is 0.0743. The summed E-state index contributed by atoms with van der Waals surface area (Å²) in [6, 6.07) is 0. The molecule has 380 valence electrons. The summed E-state index contributed by atoms with van der Waals surface area (Å²) in [5.74, 6) is 0.271. The van der Waals surface area contributed by atoms with Crippen molar-refractivity contribution in [2.75, 3.05) is 0 Å². The van der Waals surface area contributed by atoms with Crippen LogP contribution in [0.4, 0.5) is 0 Å². The molecule has 0 bridgehead atoms. The van der Waals surface area contributed by atoms with Gasteiger partial charge in [-0.25, -0.2) is 0 Å². The minimum atomic E-state index is -0.476. The van der Waals surface area contributed by atoms with Gasteiger partial charge in [-0.1, -0.05) is 151 Å². The first-order valence-electron chi connectivity index (χ1n) is 23.1. The second kappa shape index (κ2) is 29.6. The molecule has 65 heavy (non-hydrogen) atoms. The van der Waals surface area contributed by atoms with Gasteiger partial charge in [-0.15, -0.1) is 0 Å². The molecular formula is C55H100O10. The van der Waals surface area contributed by atoms with Crippen molar-refractivity contribution < 1.29 is 47.7 Å². The predicted octanol–water partition coefficient (Wildman–Crippen LogP) is 15.4. The third-order valence-electron chi connectivity index (χ3n) is 13.9. The van der Waals surface area contributed by atoms with Crippen molar-refractivity contribution in [2.24, 2.45) is 67.0 Å². The number of ether oxygens (including phenoxy) is 5. The van der Waals surface area contributed by atoms with Crippen LogP contribution in [-0.4, -0.2) is 29.8 Å². The van der Waals surface area contributed by atoms with Gasteiger partial charge in [-0.05, 0) is 115 Å². The molecule has 0 rings (SSSR count). The average Bonchev–Trinajstić information content (AvgIpc) is 3.16. The molecule has 0 aromatic carbocycles. The lowest BCUT2D eigenvalue weighted by Crippen LogP contribution is -2.40. The highest BCUT2D eigenvalue weighted by Gasteiger charge is 2.45. The van der Waals surface area contributed by atoms with Gasteiger partial charge in [-0.2, -0.15) is 0 Å². The molecule has 0 radical (unpaired) electrons. The Morgan fingerprint density at radius 3 is 1.06 bits per heavy atom. The molecular weight excluding hydrogens is 821 g/mol. The number of hydrogen-bond acceptors (Lipinski definition) is 10. The van der Waals surface area contributed by atoms with Gasteiger partial charge in [0.15, 0.2) is 0 Å². The Bertz CT molecular complexity index is 1480. The fourth-order valence-electron chi connectivity index (χ4n) is 6.35.